The maximum atomic E-state index is 9.74. The average Bonchev–Trinajstić information content (AvgIpc) is 3.04. The summed E-state index contributed by atoms with van der Waals surface area (Å²) in [5.41, 5.74) is 3.59. The van der Waals surface area contributed by atoms with Gasteiger partial charge in [0.15, 0.2) is 0 Å². The molecule has 0 radical (unpaired) electrons. The predicted octanol–water partition coefficient (Wildman–Crippen LogP) is 6.36. The molecule has 0 saturated heterocycles. The largest absolute Gasteiger partial charge is 0.309 e. The van der Waals surface area contributed by atoms with Gasteiger partial charge in [-0.15, -0.1) is 0 Å². The van der Waals surface area contributed by atoms with Gasteiger partial charge in [-0.2, -0.15) is 5.26 Å². The summed E-state index contributed by atoms with van der Waals surface area (Å²) in [6.45, 7) is 7.41. The Hall–Kier alpha value is -4.08. The van der Waals surface area contributed by atoms with Crippen molar-refractivity contribution in [2.24, 2.45) is 0 Å². The number of fused-ring (bicyclic) bond motifs is 4. The highest BCUT2D eigenvalue weighted by molar-refractivity contribution is 6.13. The maximum Gasteiger partial charge on any atom is 0.206 e. The number of nitrogens with zero attached hydrogens (tertiary/aromatic N) is 3. The summed E-state index contributed by atoms with van der Waals surface area (Å²) in [7, 11) is 0. The van der Waals surface area contributed by atoms with E-state index >= 15 is 0 Å². The monoisotopic (exact) mass is 343 g/mol. The summed E-state index contributed by atoms with van der Waals surface area (Å²) in [5.74, 6) is 0. The lowest BCUT2D eigenvalue weighted by atomic mass is 10.1. The summed E-state index contributed by atoms with van der Waals surface area (Å²) in [6.07, 6.45) is 0. The number of rotatable bonds is 1. The highest BCUT2D eigenvalue weighted by Gasteiger charge is 2.17. The van der Waals surface area contributed by atoms with E-state index in [1.807, 2.05) is 36.4 Å². The van der Waals surface area contributed by atoms with E-state index in [4.69, 9.17) is 6.57 Å². The summed E-state index contributed by atoms with van der Waals surface area (Å²) in [5, 5.41) is 14.3. The molecule has 5 rings (SSSR count). The van der Waals surface area contributed by atoms with Gasteiger partial charge in [0, 0.05) is 10.8 Å². The van der Waals surface area contributed by atoms with E-state index in [9.17, 15) is 5.26 Å². The van der Waals surface area contributed by atoms with E-state index in [1.54, 1.807) is 6.07 Å². The normalized spacial score (nSPS) is 10.9. The third-order valence-corrected chi connectivity index (χ3v) is 5.03. The van der Waals surface area contributed by atoms with Crippen LogP contribution >= 0.6 is 0 Å². The van der Waals surface area contributed by atoms with Crippen LogP contribution < -0.4 is 0 Å². The summed E-state index contributed by atoms with van der Waals surface area (Å²) < 4.78 is 2.10. The van der Waals surface area contributed by atoms with Crippen LogP contribution in [-0.2, 0) is 0 Å². The van der Waals surface area contributed by atoms with Gasteiger partial charge >= 0.3 is 0 Å². The topological polar surface area (TPSA) is 33.1 Å². The smallest absolute Gasteiger partial charge is 0.206 e. The fourth-order valence-electron chi connectivity index (χ4n) is 3.84. The number of para-hydroxylation sites is 1. The van der Waals surface area contributed by atoms with Gasteiger partial charge in [-0.3, -0.25) is 0 Å². The molecule has 0 fully saturated rings. The summed E-state index contributed by atoms with van der Waals surface area (Å²) in [4.78, 5) is 3.54. The minimum atomic E-state index is 0.377. The Morgan fingerprint density at radius 3 is 2.30 bits per heavy atom. The van der Waals surface area contributed by atoms with E-state index in [2.05, 4.69) is 51.9 Å². The second kappa shape index (κ2) is 5.73. The van der Waals surface area contributed by atoms with Crippen molar-refractivity contribution in [3.63, 3.8) is 0 Å². The van der Waals surface area contributed by atoms with Crippen LogP contribution in [0.2, 0.25) is 0 Å². The van der Waals surface area contributed by atoms with Gasteiger partial charge in [0.25, 0.3) is 0 Å². The van der Waals surface area contributed by atoms with Gasteiger partial charge in [0.05, 0.1) is 34.9 Å². The van der Waals surface area contributed by atoms with Crippen LogP contribution in [0.5, 0.6) is 0 Å². The number of benzene rings is 4. The maximum absolute atomic E-state index is 9.74. The van der Waals surface area contributed by atoms with E-state index in [1.165, 1.54) is 5.39 Å². The molecular formula is C24H13N3. The molecular weight excluding hydrogens is 330 g/mol. The molecule has 0 N–H and O–H groups in total. The molecule has 5 aromatic rings. The van der Waals surface area contributed by atoms with Crippen molar-refractivity contribution in [2.75, 3.05) is 0 Å². The van der Waals surface area contributed by atoms with Gasteiger partial charge in [0.1, 0.15) is 0 Å². The zero-order valence-corrected chi connectivity index (χ0v) is 14.3. The fraction of sp³-hybridized carbons (Fsp3) is 0. The number of hydrogen-bond acceptors (Lipinski definition) is 1. The molecule has 1 aromatic heterocycles. The van der Waals surface area contributed by atoms with Crippen LogP contribution in [0.3, 0.4) is 0 Å². The van der Waals surface area contributed by atoms with Gasteiger partial charge in [-0.05, 0) is 35.0 Å². The first-order chi connectivity index (χ1) is 13.3. The Morgan fingerprint density at radius 2 is 1.52 bits per heavy atom. The highest BCUT2D eigenvalue weighted by atomic mass is 15.0. The molecule has 0 aliphatic rings. The molecule has 0 amide bonds. The molecule has 0 spiro atoms. The molecule has 4 aromatic carbocycles. The number of hydrogen-bond donors (Lipinski definition) is 0. The Labute approximate surface area is 156 Å². The van der Waals surface area contributed by atoms with Gasteiger partial charge in [0.2, 0.25) is 5.69 Å². The first kappa shape index (κ1) is 15.2. The van der Waals surface area contributed by atoms with Gasteiger partial charge < -0.3 is 4.57 Å². The molecule has 1 heterocycles. The Morgan fingerprint density at radius 1 is 0.778 bits per heavy atom. The molecule has 0 saturated carbocycles. The molecule has 0 aliphatic heterocycles. The SMILES string of the molecule is [C-]#[N+]c1cccc(-n2c3ccccc3c3cc4ccccc4cc32)c1C#N. The Kier molecular flexibility index (Phi) is 3.22. The van der Waals surface area contributed by atoms with Crippen LogP contribution in [0.25, 0.3) is 43.1 Å². The fourth-order valence-corrected chi connectivity index (χ4v) is 3.84. The van der Waals surface area contributed by atoms with E-state index < -0.39 is 0 Å². The first-order valence-corrected chi connectivity index (χ1v) is 8.65. The van der Waals surface area contributed by atoms with Gasteiger partial charge in [-0.25, -0.2) is 4.85 Å². The van der Waals surface area contributed by atoms with E-state index in [0.29, 0.717) is 11.3 Å². The lowest BCUT2D eigenvalue weighted by Crippen LogP contribution is -1.97. The minimum absolute atomic E-state index is 0.377. The highest BCUT2D eigenvalue weighted by Crippen LogP contribution is 2.37. The molecule has 0 atom stereocenters. The van der Waals surface area contributed by atoms with Crippen molar-refractivity contribution in [3.05, 3.63) is 95.8 Å². The van der Waals surface area contributed by atoms with Crippen LogP contribution in [0.1, 0.15) is 5.56 Å². The van der Waals surface area contributed by atoms with Crippen LogP contribution in [0, 0.1) is 17.9 Å². The number of aromatic nitrogens is 1. The van der Waals surface area contributed by atoms with Crippen LogP contribution in [-0.4, -0.2) is 4.57 Å². The molecule has 3 heteroatoms. The van der Waals surface area contributed by atoms with E-state index in [-0.39, 0.29) is 0 Å². The zero-order chi connectivity index (χ0) is 18.4. The minimum Gasteiger partial charge on any atom is -0.309 e. The molecule has 0 aliphatic carbocycles. The third-order valence-electron chi connectivity index (χ3n) is 5.03. The summed E-state index contributed by atoms with van der Waals surface area (Å²) >= 11 is 0. The average molecular weight is 343 g/mol. The second-order valence-electron chi connectivity index (χ2n) is 6.46. The molecule has 27 heavy (non-hydrogen) atoms. The van der Waals surface area contributed by atoms with Crippen molar-refractivity contribution < 1.29 is 0 Å². The lowest BCUT2D eigenvalue weighted by molar-refractivity contribution is 1.17. The zero-order valence-electron chi connectivity index (χ0n) is 14.3. The van der Waals surface area contributed by atoms with Crippen molar-refractivity contribution in [2.45, 2.75) is 0 Å². The van der Waals surface area contributed by atoms with Crippen molar-refractivity contribution in [3.8, 4) is 11.8 Å². The standard InChI is InChI=1S/C24H13N3/c1-26-21-10-6-12-23(20(21)15-25)27-22-11-5-4-9-18(22)19-13-16-7-2-3-8-17(16)14-24(19)27/h2-14H. The molecule has 3 nitrogen and oxygen atoms in total. The Balaban J connectivity index is 2.02. The van der Waals surface area contributed by atoms with E-state index in [0.717, 1.165) is 32.9 Å². The van der Waals surface area contributed by atoms with Crippen molar-refractivity contribution in [1.29, 1.82) is 5.26 Å². The van der Waals surface area contributed by atoms with Crippen molar-refractivity contribution in [1.82, 2.24) is 4.57 Å². The lowest BCUT2D eigenvalue weighted by Gasteiger charge is -2.11. The number of nitriles is 1. The van der Waals surface area contributed by atoms with Crippen LogP contribution in [0.4, 0.5) is 5.69 Å². The van der Waals surface area contributed by atoms with Crippen molar-refractivity contribution >= 4 is 38.3 Å². The predicted molar refractivity (Wildman–Crippen MR) is 109 cm³/mol. The first-order valence-electron chi connectivity index (χ1n) is 8.65. The quantitative estimate of drug-likeness (QED) is 0.326. The van der Waals surface area contributed by atoms with Gasteiger partial charge in [-0.1, -0.05) is 54.6 Å². The second-order valence-corrected chi connectivity index (χ2v) is 6.46. The molecule has 0 bridgehead atoms. The molecule has 0 unspecified atom stereocenters. The summed E-state index contributed by atoms with van der Waals surface area (Å²) in [6, 6.07) is 28.5. The Bertz CT molecular complexity index is 1440. The molecule has 124 valence electrons. The van der Waals surface area contributed by atoms with Crippen LogP contribution in [0.15, 0.2) is 78.9 Å². The third kappa shape index (κ3) is 2.13.